The number of nitriles is 1. The molecule has 0 aliphatic carbocycles. The van der Waals surface area contributed by atoms with Crippen LogP contribution in [0.3, 0.4) is 0 Å². The average Bonchev–Trinajstić information content (AvgIpc) is 1.85. The van der Waals surface area contributed by atoms with Crippen LogP contribution in [0, 0.1) is 11.3 Å². The van der Waals surface area contributed by atoms with E-state index in [1.807, 2.05) is 0 Å². The molecule has 50 valence electrons. The molecule has 0 aromatic rings. The molecule has 0 aromatic carbocycles. The van der Waals surface area contributed by atoms with Crippen molar-refractivity contribution in [2.45, 2.75) is 0 Å². The van der Waals surface area contributed by atoms with Crippen molar-refractivity contribution in [3.8, 4) is 6.07 Å². The van der Waals surface area contributed by atoms with Gasteiger partial charge >= 0.3 is 0 Å². The monoisotopic (exact) mass is 129 g/mol. The number of carbonyl (C=O) groups is 1. The van der Waals surface area contributed by atoms with Gasteiger partial charge in [-0.15, -0.1) is 0 Å². The number of amides is 1. The quantitative estimate of drug-likeness (QED) is 0.359. The molecule has 0 heterocycles. The fourth-order valence-corrected chi connectivity index (χ4v) is 0.265. The minimum absolute atomic E-state index is 0.0117. The maximum atomic E-state index is 10.3. The Morgan fingerprint density at radius 2 is 2.56 bits per heavy atom. The number of carbonyl (C=O) groups excluding carboxylic acids is 1. The Kier molecular flexibility index (Phi) is 4.40. The van der Waals surface area contributed by atoms with Crippen LogP contribution in [0.1, 0.15) is 0 Å². The highest BCUT2D eigenvalue weighted by Gasteiger charge is 1.95. The summed E-state index contributed by atoms with van der Waals surface area (Å²) in [6.45, 7) is -0.218. The van der Waals surface area contributed by atoms with Crippen LogP contribution < -0.4 is 11.2 Å². The molecular formula is C4H7N3O2. The van der Waals surface area contributed by atoms with Gasteiger partial charge in [0.1, 0.15) is 13.2 Å². The van der Waals surface area contributed by atoms with Crippen LogP contribution in [0.2, 0.25) is 0 Å². The number of hydrogen-bond donors (Lipinski definition) is 2. The first-order valence-corrected chi connectivity index (χ1v) is 2.26. The highest BCUT2D eigenvalue weighted by atomic mass is 16.6. The van der Waals surface area contributed by atoms with Crippen molar-refractivity contribution >= 4 is 5.91 Å². The maximum Gasteiger partial charge on any atom is 0.248 e. The number of nitrogens with zero attached hydrogens (tertiary/aromatic N) is 1. The Hall–Kier alpha value is -1.12. The summed E-state index contributed by atoms with van der Waals surface area (Å²) in [7, 11) is 0. The first-order chi connectivity index (χ1) is 4.31. The molecule has 0 aromatic heterocycles. The highest BCUT2D eigenvalue weighted by Crippen LogP contribution is 1.63. The minimum atomic E-state index is -0.390. The van der Waals surface area contributed by atoms with Gasteiger partial charge in [0.05, 0.1) is 6.07 Å². The molecule has 0 aliphatic heterocycles. The smallest absolute Gasteiger partial charge is 0.248 e. The number of hydrogen-bond acceptors (Lipinski definition) is 4. The van der Waals surface area contributed by atoms with E-state index in [1.54, 1.807) is 6.07 Å². The van der Waals surface area contributed by atoms with Gasteiger partial charge in [-0.1, -0.05) is 0 Å². The van der Waals surface area contributed by atoms with Gasteiger partial charge < -0.3 is 5.32 Å². The lowest BCUT2D eigenvalue weighted by atomic mass is 10.6. The number of rotatable bonds is 3. The zero-order chi connectivity index (χ0) is 7.11. The van der Waals surface area contributed by atoms with E-state index in [-0.39, 0.29) is 19.1 Å². The molecule has 0 saturated heterocycles. The van der Waals surface area contributed by atoms with E-state index < -0.39 is 0 Å². The van der Waals surface area contributed by atoms with E-state index in [2.05, 4.69) is 16.1 Å². The Morgan fingerprint density at radius 1 is 1.89 bits per heavy atom. The molecule has 0 aliphatic rings. The zero-order valence-corrected chi connectivity index (χ0v) is 4.76. The molecule has 1 amide bonds. The molecule has 0 unspecified atom stereocenters. The second-order valence-electron chi connectivity index (χ2n) is 1.25. The molecule has 0 spiro atoms. The van der Waals surface area contributed by atoms with Gasteiger partial charge in [-0.25, -0.2) is 5.90 Å². The normalized spacial score (nSPS) is 8.00. The van der Waals surface area contributed by atoms with Crippen LogP contribution in [-0.4, -0.2) is 19.1 Å². The van der Waals surface area contributed by atoms with Crippen molar-refractivity contribution in [1.82, 2.24) is 5.32 Å². The summed E-state index contributed by atoms with van der Waals surface area (Å²) in [6, 6.07) is 1.73. The maximum absolute atomic E-state index is 10.3. The summed E-state index contributed by atoms with van der Waals surface area (Å²) in [5, 5.41) is 10.2. The number of nitrogens with two attached hydrogens (primary N) is 1. The fraction of sp³-hybridized carbons (Fsp3) is 0.500. The van der Waals surface area contributed by atoms with E-state index in [0.717, 1.165) is 0 Å². The number of nitrogens with one attached hydrogen (secondary N) is 1. The van der Waals surface area contributed by atoms with Crippen molar-refractivity contribution in [2.24, 2.45) is 5.90 Å². The third-order valence-electron chi connectivity index (χ3n) is 0.579. The molecule has 3 N–H and O–H groups in total. The van der Waals surface area contributed by atoms with Gasteiger partial charge in [-0.05, 0) is 0 Å². The molecule has 0 atom stereocenters. The molecule has 0 saturated carbocycles. The molecule has 9 heavy (non-hydrogen) atoms. The van der Waals surface area contributed by atoms with Crippen molar-refractivity contribution in [1.29, 1.82) is 5.26 Å². The van der Waals surface area contributed by atoms with Gasteiger partial charge in [0.15, 0.2) is 0 Å². The third-order valence-corrected chi connectivity index (χ3v) is 0.579. The molecule has 0 bridgehead atoms. The summed E-state index contributed by atoms with van der Waals surface area (Å²) in [6.07, 6.45) is 0. The van der Waals surface area contributed by atoms with Crippen molar-refractivity contribution in [3.63, 3.8) is 0 Å². The van der Waals surface area contributed by atoms with Crippen LogP contribution in [0.25, 0.3) is 0 Å². The Labute approximate surface area is 52.3 Å². The van der Waals surface area contributed by atoms with E-state index in [4.69, 9.17) is 5.26 Å². The molecule has 5 nitrogen and oxygen atoms in total. The molecule has 5 heteroatoms. The standard InChI is InChI=1S/C4H7N3O2/c5-1-2-7-4(8)3-9-6/h2-3,6H2,(H,7,8). The van der Waals surface area contributed by atoms with Gasteiger partial charge in [-0.3, -0.25) is 9.63 Å². The molecule has 0 fully saturated rings. The van der Waals surface area contributed by atoms with Gasteiger partial charge in [0.25, 0.3) is 0 Å². The van der Waals surface area contributed by atoms with Gasteiger partial charge in [-0.2, -0.15) is 5.26 Å². The minimum Gasteiger partial charge on any atom is -0.341 e. The first kappa shape index (κ1) is 7.88. The molecule has 0 rings (SSSR count). The summed E-state index contributed by atoms with van der Waals surface area (Å²) >= 11 is 0. The predicted octanol–water partition coefficient (Wildman–Crippen LogP) is -1.48. The SMILES string of the molecule is N#CCNC(=O)CON. The summed E-state index contributed by atoms with van der Waals surface area (Å²) in [4.78, 5) is 14.3. The average molecular weight is 129 g/mol. The fourth-order valence-electron chi connectivity index (χ4n) is 0.265. The summed E-state index contributed by atoms with van der Waals surface area (Å²) < 4.78 is 0. The Morgan fingerprint density at radius 3 is 3.00 bits per heavy atom. The van der Waals surface area contributed by atoms with Crippen molar-refractivity contribution in [3.05, 3.63) is 0 Å². The van der Waals surface area contributed by atoms with E-state index in [0.29, 0.717) is 0 Å². The zero-order valence-electron chi connectivity index (χ0n) is 4.76. The highest BCUT2D eigenvalue weighted by molar-refractivity contribution is 5.77. The van der Waals surface area contributed by atoms with E-state index in [9.17, 15) is 4.79 Å². The third kappa shape index (κ3) is 4.74. The van der Waals surface area contributed by atoms with Crippen molar-refractivity contribution in [2.75, 3.05) is 13.2 Å². The van der Waals surface area contributed by atoms with E-state index >= 15 is 0 Å². The first-order valence-electron chi connectivity index (χ1n) is 2.26. The van der Waals surface area contributed by atoms with Crippen LogP contribution in [0.4, 0.5) is 0 Å². The lowest BCUT2D eigenvalue weighted by Crippen LogP contribution is -2.28. The predicted molar refractivity (Wildman–Crippen MR) is 28.8 cm³/mol. The summed E-state index contributed by atoms with van der Waals surface area (Å²) in [5.41, 5.74) is 0. The Balaban J connectivity index is 3.19. The van der Waals surface area contributed by atoms with Crippen LogP contribution in [0.5, 0.6) is 0 Å². The topological polar surface area (TPSA) is 88.1 Å². The summed E-state index contributed by atoms with van der Waals surface area (Å²) in [5.74, 6) is 4.17. The molecular weight excluding hydrogens is 122 g/mol. The Bertz CT molecular complexity index is 128. The van der Waals surface area contributed by atoms with E-state index in [1.165, 1.54) is 0 Å². The van der Waals surface area contributed by atoms with Gasteiger partial charge in [0, 0.05) is 0 Å². The van der Waals surface area contributed by atoms with Gasteiger partial charge in [0.2, 0.25) is 5.91 Å². The van der Waals surface area contributed by atoms with Crippen molar-refractivity contribution < 1.29 is 9.63 Å². The molecule has 0 radical (unpaired) electrons. The lowest BCUT2D eigenvalue weighted by molar-refractivity contribution is -0.125. The largest absolute Gasteiger partial charge is 0.341 e. The second-order valence-corrected chi connectivity index (χ2v) is 1.25. The van der Waals surface area contributed by atoms with Crippen LogP contribution >= 0.6 is 0 Å². The van der Waals surface area contributed by atoms with Crippen LogP contribution in [0.15, 0.2) is 0 Å². The second kappa shape index (κ2) is 5.03. The van der Waals surface area contributed by atoms with Crippen LogP contribution in [-0.2, 0) is 9.63 Å². The lowest BCUT2D eigenvalue weighted by Gasteiger charge is -1.95.